The Morgan fingerprint density at radius 2 is 2.10 bits per heavy atom. The molecule has 1 saturated heterocycles. The van der Waals surface area contributed by atoms with Gasteiger partial charge in [0, 0.05) is 17.9 Å². The van der Waals surface area contributed by atoms with E-state index in [1.54, 1.807) is 0 Å². The number of aliphatic carboxylic acids is 1. The second-order valence-corrected chi connectivity index (χ2v) is 5.34. The maximum Gasteiger partial charge on any atom is 0.332 e. The largest absolute Gasteiger partial charge is 0.479 e. The van der Waals surface area contributed by atoms with Crippen LogP contribution in [0.3, 0.4) is 0 Å². The van der Waals surface area contributed by atoms with E-state index in [2.05, 4.69) is 43.0 Å². The minimum Gasteiger partial charge on any atom is -0.479 e. The summed E-state index contributed by atoms with van der Waals surface area (Å²) in [5, 5.41) is 15.8. The molecule has 1 aliphatic rings. The summed E-state index contributed by atoms with van der Waals surface area (Å²) >= 11 is 0. The summed E-state index contributed by atoms with van der Waals surface area (Å²) in [6.45, 7) is 6.66. The molecule has 112 valence electrons. The van der Waals surface area contributed by atoms with Crippen LogP contribution < -0.4 is 0 Å². The Balaban J connectivity index is 0.000000286. The summed E-state index contributed by atoms with van der Waals surface area (Å²) in [5.41, 5.74) is 3.92. The molecule has 20 heavy (non-hydrogen) atoms. The molecule has 0 aromatic carbocycles. The number of carbonyl (C=O) groups is 1. The average Bonchev–Trinajstić information content (AvgIpc) is 2.76. The van der Waals surface area contributed by atoms with Crippen LogP contribution in [0.15, 0.2) is 12.3 Å². The molecule has 5 heteroatoms. The Kier molecular flexibility index (Phi) is 6.10. The van der Waals surface area contributed by atoms with Gasteiger partial charge >= 0.3 is 5.97 Å². The van der Waals surface area contributed by atoms with Crippen LogP contribution in [0.25, 0.3) is 0 Å². The molecule has 0 bridgehead atoms. The number of aromatic nitrogens is 1. The molecule has 2 atom stereocenters. The standard InChI is InChI=1S/C12H18N2.C3H6O3/c1-9-7-10(2)13-8-11(9)12-5-4-6-14(12)3;1-2(4)3(5)6/h7-8,12H,4-6H2,1-3H3;2,4H,1H3,(H,5,6)/t12-;2-/m00/s1. The van der Waals surface area contributed by atoms with Gasteiger partial charge in [-0.3, -0.25) is 9.88 Å². The highest BCUT2D eigenvalue weighted by Crippen LogP contribution is 2.31. The summed E-state index contributed by atoms with van der Waals surface area (Å²) < 4.78 is 0. The molecular formula is C15H24N2O3. The molecule has 2 rings (SSSR count). The summed E-state index contributed by atoms with van der Waals surface area (Å²) in [7, 11) is 2.21. The van der Waals surface area contributed by atoms with Gasteiger partial charge in [-0.15, -0.1) is 0 Å². The normalized spacial score (nSPS) is 20.1. The van der Waals surface area contributed by atoms with Crippen LogP contribution in [-0.2, 0) is 4.79 Å². The van der Waals surface area contributed by atoms with Crippen molar-refractivity contribution in [2.24, 2.45) is 0 Å². The van der Waals surface area contributed by atoms with Crippen LogP contribution in [0.1, 0.15) is 42.6 Å². The molecule has 2 N–H and O–H groups in total. The number of carboxylic acid groups (broad SMARTS) is 1. The lowest BCUT2D eigenvalue weighted by Gasteiger charge is -2.21. The van der Waals surface area contributed by atoms with Crippen molar-refractivity contribution in [3.8, 4) is 0 Å². The number of likely N-dealkylation sites (tertiary alicyclic amines) is 1. The molecular weight excluding hydrogens is 256 g/mol. The van der Waals surface area contributed by atoms with Crippen molar-refractivity contribution in [3.05, 3.63) is 29.1 Å². The van der Waals surface area contributed by atoms with Gasteiger partial charge in [-0.1, -0.05) is 0 Å². The minimum absolute atomic E-state index is 0.600. The third-order valence-corrected chi connectivity index (χ3v) is 3.52. The summed E-state index contributed by atoms with van der Waals surface area (Å²) in [4.78, 5) is 16.3. The first-order chi connectivity index (χ1) is 9.32. The van der Waals surface area contributed by atoms with Gasteiger partial charge < -0.3 is 10.2 Å². The van der Waals surface area contributed by atoms with E-state index < -0.39 is 12.1 Å². The zero-order valence-corrected chi connectivity index (χ0v) is 12.6. The van der Waals surface area contributed by atoms with Crippen LogP contribution in [0.2, 0.25) is 0 Å². The predicted octanol–water partition coefficient (Wildman–Crippen LogP) is 1.92. The number of aryl methyl sites for hydroxylation is 2. The van der Waals surface area contributed by atoms with Gasteiger partial charge in [0.25, 0.3) is 0 Å². The van der Waals surface area contributed by atoms with Gasteiger partial charge in [-0.05, 0) is 64.4 Å². The van der Waals surface area contributed by atoms with E-state index in [0.29, 0.717) is 6.04 Å². The lowest BCUT2D eigenvalue weighted by Crippen LogP contribution is -2.18. The van der Waals surface area contributed by atoms with Gasteiger partial charge in [0.05, 0.1) is 0 Å². The molecule has 1 aliphatic heterocycles. The maximum absolute atomic E-state index is 9.45. The van der Waals surface area contributed by atoms with Crippen molar-refractivity contribution in [2.75, 3.05) is 13.6 Å². The van der Waals surface area contributed by atoms with Crippen molar-refractivity contribution in [1.29, 1.82) is 0 Å². The molecule has 0 aliphatic carbocycles. The Hall–Kier alpha value is -1.46. The molecule has 1 fully saturated rings. The smallest absolute Gasteiger partial charge is 0.332 e. The predicted molar refractivity (Wildman–Crippen MR) is 77.6 cm³/mol. The molecule has 0 amide bonds. The lowest BCUT2D eigenvalue weighted by molar-refractivity contribution is -0.145. The van der Waals surface area contributed by atoms with E-state index in [1.807, 2.05) is 0 Å². The van der Waals surface area contributed by atoms with Crippen LogP contribution in [0, 0.1) is 13.8 Å². The molecule has 1 aromatic heterocycles. The Morgan fingerprint density at radius 3 is 2.50 bits per heavy atom. The van der Waals surface area contributed by atoms with Gasteiger partial charge in [-0.2, -0.15) is 0 Å². The third kappa shape index (κ3) is 4.58. The van der Waals surface area contributed by atoms with E-state index in [1.165, 1.54) is 37.4 Å². The van der Waals surface area contributed by atoms with Gasteiger partial charge in [0.2, 0.25) is 0 Å². The third-order valence-electron chi connectivity index (χ3n) is 3.52. The van der Waals surface area contributed by atoms with Crippen LogP contribution in [-0.4, -0.2) is 45.8 Å². The molecule has 2 heterocycles. The molecule has 0 spiro atoms. The maximum atomic E-state index is 9.45. The zero-order chi connectivity index (χ0) is 15.3. The monoisotopic (exact) mass is 280 g/mol. The zero-order valence-electron chi connectivity index (χ0n) is 12.6. The number of hydrogen-bond acceptors (Lipinski definition) is 4. The summed E-state index contributed by atoms with van der Waals surface area (Å²) in [6.07, 6.45) is 3.42. The highest BCUT2D eigenvalue weighted by molar-refractivity contribution is 5.71. The first-order valence-corrected chi connectivity index (χ1v) is 6.87. The van der Waals surface area contributed by atoms with E-state index >= 15 is 0 Å². The van der Waals surface area contributed by atoms with E-state index in [0.717, 1.165) is 5.69 Å². The fourth-order valence-electron chi connectivity index (χ4n) is 2.36. The van der Waals surface area contributed by atoms with E-state index in [-0.39, 0.29) is 0 Å². The quantitative estimate of drug-likeness (QED) is 0.865. The first kappa shape index (κ1) is 16.6. The Bertz CT molecular complexity index is 460. The van der Waals surface area contributed by atoms with Crippen molar-refractivity contribution in [3.63, 3.8) is 0 Å². The number of pyridine rings is 1. The van der Waals surface area contributed by atoms with Crippen molar-refractivity contribution in [1.82, 2.24) is 9.88 Å². The summed E-state index contributed by atoms with van der Waals surface area (Å²) in [6, 6.07) is 2.78. The first-order valence-electron chi connectivity index (χ1n) is 6.87. The number of hydrogen-bond donors (Lipinski definition) is 2. The van der Waals surface area contributed by atoms with Crippen molar-refractivity contribution < 1.29 is 15.0 Å². The topological polar surface area (TPSA) is 73.7 Å². The average molecular weight is 280 g/mol. The number of nitrogens with zero attached hydrogens (tertiary/aromatic N) is 2. The second-order valence-electron chi connectivity index (χ2n) is 5.34. The van der Waals surface area contributed by atoms with Crippen molar-refractivity contribution in [2.45, 2.75) is 45.8 Å². The van der Waals surface area contributed by atoms with Crippen LogP contribution in [0.5, 0.6) is 0 Å². The molecule has 0 unspecified atom stereocenters. The SMILES string of the molecule is C[C@H](O)C(=O)O.Cc1cc(C)c([C@@H]2CCCN2C)cn1. The van der Waals surface area contributed by atoms with Gasteiger partial charge in [0.1, 0.15) is 6.10 Å². The summed E-state index contributed by atoms with van der Waals surface area (Å²) in [5.74, 6) is -1.19. The number of carboxylic acids is 1. The molecule has 1 aromatic rings. The highest BCUT2D eigenvalue weighted by Gasteiger charge is 2.23. The number of rotatable bonds is 2. The van der Waals surface area contributed by atoms with Crippen LogP contribution in [0.4, 0.5) is 0 Å². The van der Waals surface area contributed by atoms with Gasteiger partial charge in [0.15, 0.2) is 0 Å². The highest BCUT2D eigenvalue weighted by atomic mass is 16.4. The molecule has 0 radical (unpaired) electrons. The van der Waals surface area contributed by atoms with E-state index in [9.17, 15) is 4.79 Å². The fraction of sp³-hybridized carbons (Fsp3) is 0.600. The molecule has 5 nitrogen and oxygen atoms in total. The van der Waals surface area contributed by atoms with Crippen molar-refractivity contribution >= 4 is 5.97 Å². The van der Waals surface area contributed by atoms with E-state index in [4.69, 9.17) is 10.2 Å². The minimum atomic E-state index is -1.23. The second kappa shape index (κ2) is 7.36. The molecule has 0 saturated carbocycles. The van der Waals surface area contributed by atoms with Gasteiger partial charge in [-0.25, -0.2) is 4.79 Å². The number of aliphatic hydroxyl groups is 1. The lowest BCUT2D eigenvalue weighted by atomic mass is 10.0. The van der Waals surface area contributed by atoms with Crippen LogP contribution >= 0.6 is 0 Å². The number of aliphatic hydroxyl groups excluding tert-OH is 1. The Morgan fingerprint density at radius 1 is 1.50 bits per heavy atom. The Labute approximate surface area is 120 Å². The fourth-order valence-corrected chi connectivity index (χ4v) is 2.36.